The zero-order valence-corrected chi connectivity index (χ0v) is 57.8. The first-order chi connectivity index (χ1) is 45.2. The molecule has 95 heavy (non-hydrogen) atoms. The molecule has 0 aliphatic heterocycles. The van der Waals surface area contributed by atoms with Gasteiger partial charge in [-0.3, -0.25) is 28.1 Å². The van der Waals surface area contributed by atoms with Crippen molar-refractivity contribution < 1.29 is 40.6 Å². The normalized spacial score (nSPS) is 12.0. The molecule has 1 unspecified atom stereocenters. The summed E-state index contributed by atoms with van der Waals surface area (Å²) in [5, 5.41) is 83.8. The second-order valence-corrected chi connectivity index (χ2v) is 27.2. The molecule has 6 aromatic rings. The fourth-order valence-electron chi connectivity index (χ4n) is 9.40. The van der Waals surface area contributed by atoms with Crippen LogP contribution in [-0.4, -0.2) is 73.9 Å². The molecular weight excluding hydrogens is 1280 g/mol. The van der Waals surface area contributed by atoms with E-state index in [2.05, 4.69) is 58.7 Å². The predicted molar refractivity (Wildman–Crippen MR) is 361 cm³/mol. The van der Waals surface area contributed by atoms with Gasteiger partial charge in [0.25, 0.3) is 16.7 Å². The SMILES string of the molecule is CCCCC(CC)Cn1c(O)c(C#N)c(C)c(N=Nc2ccc(S(=O)(=O)NCC)cc2)c1=O.CCCCCCn1c(O)c(C#N)c(C)c(N=Nc2ccc(S(=O)(=O)NCCCC)cc2)c1=O.CCCCc1c(C#N)c(O)n(C)c(=O)c1N=Nc1ccc(S(=O)(=O)NCC)cc1. The smallest absolute Gasteiger partial charge is 0.281 e. The molecule has 6 rings (SSSR count). The summed E-state index contributed by atoms with van der Waals surface area (Å²) in [5.74, 6) is -0.938. The first-order valence-corrected chi connectivity index (χ1v) is 35.8. The molecule has 3 heterocycles. The van der Waals surface area contributed by atoms with Crippen LogP contribution in [0.2, 0.25) is 0 Å². The van der Waals surface area contributed by atoms with Crippen LogP contribution in [0.1, 0.15) is 159 Å². The summed E-state index contributed by atoms with van der Waals surface area (Å²) in [6.45, 7) is 18.1. The summed E-state index contributed by atoms with van der Waals surface area (Å²) in [7, 11) is -9.42. The minimum Gasteiger partial charge on any atom is -0.493 e. The Morgan fingerprint density at radius 2 is 0.874 bits per heavy atom. The Kier molecular flexibility index (Phi) is 31.1. The van der Waals surface area contributed by atoms with E-state index in [0.29, 0.717) is 48.4 Å². The van der Waals surface area contributed by atoms with Crippen molar-refractivity contribution in [3.63, 3.8) is 0 Å². The summed E-state index contributed by atoms with van der Waals surface area (Å²) < 4.78 is 83.3. The molecule has 0 radical (unpaired) electrons. The van der Waals surface area contributed by atoms with Gasteiger partial charge in [-0.15, -0.1) is 15.3 Å². The fraction of sp³-hybridized carbons (Fsp3) is 0.446. The number of sulfonamides is 3. The van der Waals surface area contributed by atoms with Crippen molar-refractivity contribution in [3.8, 4) is 35.8 Å². The highest BCUT2D eigenvalue weighted by Gasteiger charge is 2.24. The monoisotopic (exact) mass is 1360 g/mol. The van der Waals surface area contributed by atoms with Gasteiger partial charge in [-0.05, 0) is 125 Å². The second-order valence-electron chi connectivity index (χ2n) is 21.9. The highest BCUT2D eigenvalue weighted by Crippen LogP contribution is 2.32. The third-order valence-electron chi connectivity index (χ3n) is 15.0. The molecule has 3 aromatic heterocycles. The maximum atomic E-state index is 13.1. The van der Waals surface area contributed by atoms with Crippen LogP contribution in [-0.2, 0) is 56.6 Å². The van der Waals surface area contributed by atoms with E-state index in [1.54, 1.807) is 20.8 Å². The number of nitrogens with zero attached hydrogens (tertiary/aromatic N) is 12. The van der Waals surface area contributed by atoms with E-state index in [1.807, 2.05) is 39.0 Å². The summed E-state index contributed by atoms with van der Waals surface area (Å²) in [6, 6.07) is 23.1. The molecule has 3 aromatic carbocycles. The molecule has 0 aliphatic carbocycles. The molecule has 0 bridgehead atoms. The van der Waals surface area contributed by atoms with Gasteiger partial charge in [0.15, 0.2) is 17.1 Å². The predicted octanol–water partition coefficient (Wildman–Crippen LogP) is 12.5. The van der Waals surface area contributed by atoms with Gasteiger partial charge in [0, 0.05) is 56.5 Å². The Morgan fingerprint density at radius 3 is 1.27 bits per heavy atom. The van der Waals surface area contributed by atoms with Gasteiger partial charge in [-0.2, -0.15) is 31.1 Å². The summed E-state index contributed by atoms with van der Waals surface area (Å²) in [6.07, 6.45) is 11.0. The molecule has 0 fully saturated rings. The lowest BCUT2D eigenvalue weighted by molar-refractivity contribution is 0.339. The van der Waals surface area contributed by atoms with Crippen LogP contribution in [0.4, 0.5) is 34.1 Å². The Labute approximate surface area is 555 Å². The molecule has 0 amide bonds. The third-order valence-corrected chi connectivity index (χ3v) is 19.6. The van der Waals surface area contributed by atoms with Crippen molar-refractivity contribution >= 4 is 64.2 Å². The number of benzene rings is 3. The number of hydrogen-bond donors (Lipinski definition) is 6. The van der Waals surface area contributed by atoms with Crippen molar-refractivity contribution in [2.24, 2.45) is 43.7 Å². The number of nitrogens with one attached hydrogen (secondary N) is 3. The Hall–Kier alpha value is -9.09. The van der Waals surface area contributed by atoms with Crippen molar-refractivity contribution in [2.45, 2.75) is 174 Å². The number of hydrogen-bond acceptors (Lipinski definition) is 21. The van der Waals surface area contributed by atoms with Crippen LogP contribution in [0, 0.1) is 53.8 Å². The van der Waals surface area contributed by atoms with E-state index in [9.17, 15) is 70.7 Å². The van der Waals surface area contributed by atoms with E-state index in [1.165, 1.54) is 91.3 Å². The number of aromatic nitrogens is 3. The Morgan fingerprint density at radius 1 is 0.474 bits per heavy atom. The Bertz CT molecular complexity index is 4380. The largest absolute Gasteiger partial charge is 0.493 e. The fourth-order valence-corrected chi connectivity index (χ4v) is 12.6. The van der Waals surface area contributed by atoms with E-state index in [0.717, 1.165) is 73.3 Å². The average molecular weight is 1360 g/mol. The van der Waals surface area contributed by atoms with Crippen molar-refractivity contribution in [3.05, 3.63) is 137 Å². The topological polar surface area (TPSA) is 411 Å². The molecule has 0 spiro atoms. The zero-order chi connectivity index (χ0) is 70.6. The van der Waals surface area contributed by atoms with Crippen molar-refractivity contribution in [2.75, 3.05) is 19.6 Å². The first-order valence-electron chi connectivity index (χ1n) is 31.3. The lowest BCUT2D eigenvalue weighted by Gasteiger charge is -2.19. The lowest BCUT2D eigenvalue weighted by Crippen LogP contribution is -2.25. The molecule has 30 heteroatoms. The van der Waals surface area contributed by atoms with E-state index in [-0.39, 0.29) is 103 Å². The maximum absolute atomic E-state index is 13.1. The van der Waals surface area contributed by atoms with Gasteiger partial charge in [0.1, 0.15) is 34.9 Å². The van der Waals surface area contributed by atoms with E-state index < -0.39 is 52.6 Å². The molecule has 0 saturated carbocycles. The molecule has 0 saturated heterocycles. The lowest BCUT2D eigenvalue weighted by atomic mass is 9.99. The van der Waals surface area contributed by atoms with Crippen LogP contribution in [0.25, 0.3) is 0 Å². The molecule has 1 atom stereocenters. The Balaban J connectivity index is 0.000000304. The van der Waals surface area contributed by atoms with Gasteiger partial charge < -0.3 is 15.3 Å². The molecule has 6 N–H and O–H groups in total. The summed E-state index contributed by atoms with van der Waals surface area (Å²) in [4.78, 5) is 38.9. The minimum absolute atomic E-state index is 0.00146. The molecule has 510 valence electrons. The number of aromatic hydroxyl groups is 3. The van der Waals surface area contributed by atoms with E-state index >= 15 is 0 Å². The zero-order valence-electron chi connectivity index (χ0n) is 55.3. The van der Waals surface area contributed by atoms with Crippen LogP contribution in [0.15, 0.2) is 133 Å². The van der Waals surface area contributed by atoms with Gasteiger partial charge in [0.2, 0.25) is 47.7 Å². The van der Waals surface area contributed by atoms with Gasteiger partial charge in [-0.25, -0.2) is 39.4 Å². The standard InChI is InChI=1S/2C23H31N5O4S.C19H23N5O4S/c1-5-8-9-17(6-2)15-28-22(29)20(14-24)16(4)21(23(28)30)27-26-18-10-12-19(13-11-18)33(31,32)25-7-3;1-4-6-8-9-15-28-22(29)20(16-24)17(3)21(23(28)30)27-26-18-10-12-19(13-11-18)33(31,32)25-14-7-5-2;1-4-6-7-15-16(12-20)18(25)24(3)19(26)17(15)23-22-13-8-10-14(11-9-13)29(27,28)21-5-2/h10-13,17,25,29H,5-9,15H2,1-4H3;10-13,25,29H,4-9,14-15H2,1-3H3;8-11,21,25H,4-7H2,1-3H3. The second kappa shape index (κ2) is 37.7. The summed E-state index contributed by atoms with van der Waals surface area (Å²) in [5.41, 5.74) is 0.165. The number of pyridine rings is 3. The van der Waals surface area contributed by atoms with Crippen LogP contribution < -0.4 is 30.8 Å². The van der Waals surface area contributed by atoms with Crippen LogP contribution >= 0.6 is 0 Å². The first kappa shape index (κ1) is 78.4. The van der Waals surface area contributed by atoms with Gasteiger partial charge in [0.05, 0.1) is 31.7 Å². The number of unbranched alkanes of at least 4 members (excludes halogenated alkanes) is 6. The summed E-state index contributed by atoms with van der Waals surface area (Å²) >= 11 is 0. The number of nitriles is 3. The van der Waals surface area contributed by atoms with Crippen LogP contribution in [0.3, 0.4) is 0 Å². The van der Waals surface area contributed by atoms with Crippen molar-refractivity contribution in [1.82, 2.24) is 27.9 Å². The van der Waals surface area contributed by atoms with Gasteiger partial charge >= 0.3 is 0 Å². The van der Waals surface area contributed by atoms with Gasteiger partial charge in [-0.1, -0.05) is 99.8 Å². The number of rotatable bonds is 31. The number of azo groups is 3. The molecule has 27 nitrogen and oxygen atoms in total. The third kappa shape index (κ3) is 21.2. The molecular formula is C65H85N15O12S3. The van der Waals surface area contributed by atoms with Crippen LogP contribution in [0.5, 0.6) is 17.6 Å². The highest BCUT2D eigenvalue weighted by molar-refractivity contribution is 7.90. The molecule has 0 aliphatic rings. The average Bonchev–Trinajstić information content (AvgIpc) is 0.847. The quantitative estimate of drug-likeness (QED) is 0.0174. The van der Waals surface area contributed by atoms with Crippen molar-refractivity contribution in [1.29, 1.82) is 15.8 Å². The minimum atomic E-state index is -3.60. The van der Waals surface area contributed by atoms with E-state index in [4.69, 9.17) is 0 Å². The highest BCUT2D eigenvalue weighted by atomic mass is 32.2. The maximum Gasteiger partial charge on any atom is 0.281 e.